The van der Waals surface area contributed by atoms with Gasteiger partial charge in [0.15, 0.2) is 0 Å². The molecule has 3 rings (SSSR count). The van der Waals surface area contributed by atoms with Crippen molar-refractivity contribution in [3.8, 4) is 11.5 Å². The molecule has 8 nitrogen and oxygen atoms in total. The maximum absolute atomic E-state index is 12.3. The number of carbonyl (C=O) groups is 2. The van der Waals surface area contributed by atoms with E-state index in [1.165, 1.54) is 10.9 Å². The molecule has 162 valence electrons. The van der Waals surface area contributed by atoms with E-state index in [0.29, 0.717) is 36.6 Å². The maximum atomic E-state index is 12.3. The van der Waals surface area contributed by atoms with Gasteiger partial charge in [-0.25, -0.2) is 0 Å². The summed E-state index contributed by atoms with van der Waals surface area (Å²) in [5, 5.41) is 9.74. The second-order valence-corrected chi connectivity index (χ2v) is 6.79. The molecule has 0 atom stereocenters. The van der Waals surface area contributed by atoms with Crippen molar-refractivity contribution < 1.29 is 19.1 Å². The van der Waals surface area contributed by atoms with Gasteiger partial charge in [0.1, 0.15) is 18.0 Å². The second kappa shape index (κ2) is 10.8. The number of rotatable bonds is 10. The lowest BCUT2D eigenvalue weighted by Crippen LogP contribution is -2.19. The summed E-state index contributed by atoms with van der Waals surface area (Å²) in [6.45, 7) is 2.54. The average molecular weight is 422 g/mol. The van der Waals surface area contributed by atoms with E-state index in [-0.39, 0.29) is 18.4 Å². The largest absolute Gasteiger partial charge is 0.497 e. The number of aromatic nitrogens is 2. The molecule has 0 fully saturated rings. The number of para-hydroxylation sites is 1. The zero-order valence-corrected chi connectivity index (χ0v) is 17.6. The zero-order valence-electron chi connectivity index (χ0n) is 17.6. The first-order chi connectivity index (χ1) is 15.1. The number of hydrogen-bond donors (Lipinski definition) is 2. The molecule has 1 heterocycles. The summed E-state index contributed by atoms with van der Waals surface area (Å²) in [6, 6.07) is 14.7. The smallest absolute Gasteiger partial charge is 0.246 e. The molecule has 1 aromatic heterocycles. The Kier molecular flexibility index (Phi) is 7.64. The van der Waals surface area contributed by atoms with E-state index in [9.17, 15) is 9.59 Å². The number of nitrogens with zero attached hydrogens (tertiary/aromatic N) is 2. The van der Waals surface area contributed by atoms with Gasteiger partial charge in [-0.1, -0.05) is 18.2 Å². The lowest BCUT2D eigenvalue weighted by Gasteiger charge is -2.09. The van der Waals surface area contributed by atoms with Crippen LogP contribution >= 0.6 is 0 Å². The van der Waals surface area contributed by atoms with Gasteiger partial charge in [-0.05, 0) is 49.2 Å². The van der Waals surface area contributed by atoms with Crippen LogP contribution in [0.15, 0.2) is 60.9 Å². The molecule has 0 saturated heterocycles. The minimum atomic E-state index is -0.223. The van der Waals surface area contributed by atoms with Crippen molar-refractivity contribution in [2.24, 2.45) is 0 Å². The molecular weight excluding hydrogens is 396 g/mol. The van der Waals surface area contributed by atoms with Gasteiger partial charge in [0.2, 0.25) is 11.8 Å². The first-order valence-electron chi connectivity index (χ1n) is 10.0. The summed E-state index contributed by atoms with van der Waals surface area (Å²) >= 11 is 0. The molecule has 0 saturated carbocycles. The highest BCUT2D eigenvalue weighted by Crippen LogP contribution is 2.20. The topological polar surface area (TPSA) is 94.5 Å². The monoisotopic (exact) mass is 422 g/mol. The number of amides is 2. The first kappa shape index (κ1) is 21.9. The molecule has 31 heavy (non-hydrogen) atoms. The normalized spacial score (nSPS) is 10.4. The van der Waals surface area contributed by atoms with Crippen molar-refractivity contribution >= 4 is 23.2 Å². The highest BCUT2D eigenvalue weighted by Gasteiger charge is 2.10. The van der Waals surface area contributed by atoms with Crippen LogP contribution in [-0.2, 0) is 22.6 Å². The van der Waals surface area contributed by atoms with Gasteiger partial charge < -0.3 is 20.1 Å². The van der Waals surface area contributed by atoms with E-state index >= 15 is 0 Å². The Morgan fingerprint density at radius 2 is 1.74 bits per heavy atom. The van der Waals surface area contributed by atoms with Gasteiger partial charge in [-0.15, -0.1) is 0 Å². The van der Waals surface area contributed by atoms with Crippen LogP contribution in [0.3, 0.4) is 0 Å². The first-order valence-corrected chi connectivity index (χ1v) is 10.0. The van der Waals surface area contributed by atoms with Gasteiger partial charge in [0, 0.05) is 18.3 Å². The Morgan fingerprint density at radius 3 is 2.48 bits per heavy atom. The molecular formula is C23H26N4O4. The lowest BCUT2D eigenvalue weighted by atomic mass is 10.1. The maximum Gasteiger partial charge on any atom is 0.246 e. The molecule has 0 bridgehead atoms. The number of carbonyl (C=O) groups excluding carboxylic acids is 2. The van der Waals surface area contributed by atoms with E-state index in [2.05, 4.69) is 15.7 Å². The van der Waals surface area contributed by atoms with Crippen molar-refractivity contribution in [3.05, 3.63) is 66.5 Å². The van der Waals surface area contributed by atoms with E-state index in [1.54, 1.807) is 37.6 Å². The van der Waals surface area contributed by atoms with Crippen LogP contribution in [0, 0.1) is 0 Å². The minimum Gasteiger partial charge on any atom is -0.497 e. The van der Waals surface area contributed by atoms with Crippen LogP contribution in [-0.4, -0.2) is 35.3 Å². The third kappa shape index (κ3) is 6.60. The number of anilines is 2. The molecule has 0 spiro atoms. The molecule has 2 amide bonds. The van der Waals surface area contributed by atoms with Crippen molar-refractivity contribution in [2.75, 3.05) is 24.4 Å². The Morgan fingerprint density at radius 1 is 1.00 bits per heavy atom. The second-order valence-electron chi connectivity index (χ2n) is 6.79. The summed E-state index contributed by atoms with van der Waals surface area (Å²) in [4.78, 5) is 24.5. The van der Waals surface area contributed by atoms with Gasteiger partial charge in [-0.2, -0.15) is 5.10 Å². The van der Waals surface area contributed by atoms with E-state index < -0.39 is 0 Å². The summed E-state index contributed by atoms with van der Waals surface area (Å²) in [5.41, 5.74) is 2.20. The van der Waals surface area contributed by atoms with Crippen LogP contribution in [0.5, 0.6) is 11.5 Å². The molecule has 2 aromatic carbocycles. The van der Waals surface area contributed by atoms with Crippen molar-refractivity contribution in [1.82, 2.24) is 9.78 Å². The number of nitrogens with one attached hydrogen (secondary N) is 2. The van der Waals surface area contributed by atoms with E-state index in [1.807, 2.05) is 31.2 Å². The summed E-state index contributed by atoms with van der Waals surface area (Å²) < 4.78 is 12.2. The van der Waals surface area contributed by atoms with E-state index in [4.69, 9.17) is 9.47 Å². The highest BCUT2D eigenvalue weighted by molar-refractivity contribution is 5.91. The van der Waals surface area contributed by atoms with Crippen molar-refractivity contribution in [2.45, 2.75) is 26.3 Å². The summed E-state index contributed by atoms with van der Waals surface area (Å²) in [5.74, 6) is 1.16. The molecule has 0 unspecified atom stereocenters. The van der Waals surface area contributed by atoms with Crippen LogP contribution < -0.4 is 20.1 Å². The third-order valence-electron chi connectivity index (χ3n) is 4.49. The summed E-state index contributed by atoms with van der Waals surface area (Å²) in [7, 11) is 1.58. The van der Waals surface area contributed by atoms with Gasteiger partial charge in [0.05, 0.1) is 25.6 Å². The fourth-order valence-electron chi connectivity index (χ4n) is 3.01. The number of methoxy groups -OCH3 is 1. The predicted molar refractivity (Wildman–Crippen MR) is 118 cm³/mol. The van der Waals surface area contributed by atoms with E-state index in [0.717, 1.165) is 11.3 Å². The summed E-state index contributed by atoms with van der Waals surface area (Å²) in [6.07, 6.45) is 4.03. The third-order valence-corrected chi connectivity index (χ3v) is 4.49. The molecule has 0 aliphatic carbocycles. The van der Waals surface area contributed by atoms with Crippen LogP contribution in [0.2, 0.25) is 0 Å². The standard InChI is InChI=1S/C23H26N4O4/c1-3-31-21-7-5-4-6-17(21)8-13-22(28)26-19-14-24-27(15-19)16-23(29)25-18-9-11-20(30-2)12-10-18/h4-7,9-12,14-15H,3,8,13,16H2,1-2H3,(H,25,29)(H,26,28). The molecule has 0 aliphatic heterocycles. The van der Waals surface area contributed by atoms with Crippen LogP contribution in [0.1, 0.15) is 18.9 Å². The Labute approximate surface area is 181 Å². The minimum absolute atomic E-state index is 0.0314. The van der Waals surface area contributed by atoms with Crippen LogP contribution in [0.4, 0.5) is 11.4 Å². The zero-order chi connectivity index (χ0) is 22.1. The number of hydrogen-bond acceptors (Lipinski definition) is 5. The fourth-order valence-corrected chi connectivity index (χ4v) is 3.01. The van der Waals surface area contributed by atoms with Gasteiger partial charge >= 0.3 is 0 Å². The predicted octanol–water partition coefficient (Wildman–Crippen LogP) is 3.50. The van der Waals surface area contributed by atoms with Gasteiger partial charge in [-0.3, -0.25) is 14.3 Å². The Bertz CT molecular complexity index is 1010. The lowest BCUT2D eigenvalue weighted by molar-refractivity contribution is -0.117. The molecule has 0 radical (unpaired) electrons. The van der Waals surface area contributed by atoms with Crippen molar-refractivity contribution in [1.29, 1.82) is 0 Å². The molecule has 3 aromatic rings. The van der Waals surface area contributed by atoms with Crippen molar-refractivity contribution in [3.63, 3.8) is 0 Å². The SMILES string of the molecule is CCOc1ccccc1CCC(=O)Nc1cnn(CC(=O)Nc2ccc(OC)cc2)c1. The highest BCUT2D eigenvalue weighted by atomic mass is 16.5. The number of benzene rings is 2. The quantitative estimate of drug-likeness (QED) is 0.522. The fraction of sp³-hybridized carbons (Fsp3) is 0.261. The number of aryl methyl sites for hydroxylation is 1. The molecule has 8 heteroatoms. The average Bonchev–Trinajstić information content (AvgIpc) is 3.20. The number of ether oxygens (including phenoxy) is 2. The Hall–Kier alpha value is -3.81. The van der Waals surface area contributed by atoms with Crippen LogP contribution in [0.25, 0.3) is 0 Å². The van der Waals surface area contributed by atoms with Gasteiger partial charge in [0.25, 0.3) is 0 Å². The molecule has 0 aliphatic rings. The Balaban J connectivity index is 1.47. The molecule has 2 N–H and O–H groups in total.